The average molecular weight is 245 g/mol. The molecular weight excluding hydrogens is 218 g/mol. The van der Waals surface area contributed by atoms with E-state index in [0.717, 1.165) is 5.92 Å². The monoisotopic (exact) mass is 245 g/mol. The third-order valence-electron chi connectivity index (χ3n) is 4.55. The Kier molecular flexibility index (Phi) is 4.11. The SMILES string of the molecule is CNC(C)CC(C)(C)c1cccc(C2CCC2)c1. The highest BCUT2D eigenvalue weighted by molar-refractivity contribution is 5.32. The van der Waals surface area contributed by atoms with Crippen molar-refractivity contribution in [1.29, 1.82) is 0 Å². The average Bonchev–Trinajstić information content (AvgIpc) is 2.26. The maximum atomic E-state index is 3.35. The van der Waals surface area contributed by atoms with E-state index in [4.69, 9.17) is 0 Å². The fraction of sp³-hybridized carbons (Fsp3) is 0.647. The van der Waals surface area contributed by atoms with Crippen LogP contribution in [-0.2, 0) is 5.41 Å². The molecule has 0 saturated heterocycles. The summed E-state index contributed by atoms with van der Waals surface area (Å²) in [5.74, 6) is 0.836. The summed E-state index contributed by atoms with van der Waals surface area (Å²) >= 11 is 0. The predicted octanol–water partition coefficient (Wildman–Crippen LogP) is 4.23. The van der Waals surface area contributed by atoms with Crippen molar-refractivity contribution in [2.24, 2.45) is 0 Å². The molecule has 1 unspecified atom stereocenters. The summed E-state index contributed by atoms with van der Waals surface area (Å²) in [6, 6.07) is 9.86. The van der Waals surface area contributed by atoms with E-state index in [1.807, 2.05) is 7.05 Å². The van der Waals surface area contributed by atoms with Gasteiger partial charge in [0.15, 0.2) is 0 Å². The fourth-order valence-corrected chi connectivity index (χ4v) is 2.94. The lowest BCUT2D eigenvalue weighted by Crippen LogP contribution is -2.31. The first-order valence-electron chi connectivity index (χ1n) is 7.30. The van der Waals surface area contributed by atoms with Crippen LogP contribution in [0.1, 0.15) is 63.5 Å². The standard InChI is InChI=1S/C17H27N/c1-13(18-4)12-17(2,3)16-10-6-9-15(11-16)14-7-5-8-14/h6,9-11,13-14,18H,5,7-8,12H2,1-4H3. The first-order chi connectivity index (χ1) is 8.53. The van der Waals surface area contributed by atoms with Crippen LogP contribution in [0.25, 0.3) is 0 Å². The first-order valence-corrected chi connectivity index (χ1v) is 7.30. The normalized spacial score (nSPS) is 18.4. The molecule has 2 rings (SSSR count). The predicted molar refractivity (Wildman–Crippen MR) is 79.2 cm³/mol. The zero-order valence-electron chi connectivity index (χ0n) is 12.3. The van der Waals surface area contributed by atoms with Gasteiger partial charge < -0.3 is 5.32 Å². The van der Waals surface area contributed by atoms with Crippen LogP contribution in [0.3, 0.4) is 0 Å². The lowest BCUT2D eigenvalue weighted by molar-refractivity contribution is 0.400. The van der Waals surface area contributed by atoms with Crippen molar-refractivity contribution in [3.05, 3.63) is 35.4 Å². The van der Waals surface area contributed by atoms with Gasteiger partial charge in [-0.2, -0.15) is 0 Å². The molecule has 1 aliphatic carbocycles. The maximum absolute atomic E-state index is 3.35. The number of rotatable bonds is 5. The molecule has 1 fully saturated rings. The lowest BCUT2D eigenvalue weighted by atomic mass is 9.75. The molecule has 0 aromatic heterocycles. The Hall–Kier alpha value is -0.820. The van der Waals surface area contributed by atoms with Crippen molar-refractivity contribution in [1.82, 2.24) is 5.32 Å². The van der Waals surface area contributed by atoms with Gasteiger partial charge in [-0.15, -0.1) is 0 Å². The van der Waals surface area contributed by atoms with E-state index in [2.05, 4.69) is 50.4 Å². The minimum absolute atomic E-state index is 0.252. The van der Waals surface area contributed by atoms with Crippen molar-refractivity contribution in [2.45, 2.75) is 63.8 Å². The molecule has 0 aliphatic heterocycles. The number of hydrogen-bond donors (Lipinski definition) is 1. The first kappa shape index (κ1) is 13.6. The minimum Gasteiger partial charge on any atom is -0.317 e. The van der Waals surface area contributed by atoms with E-state index in [9.17, 15) is 0 Å². The van der Waals surface area contributed by atoms with Gasteiger partial charge in [0, 0.05) is 6.04 Å². The molecule has 1 aliphatic rings. The molecule has 1 N–H and O–H groups in total. The van der Waals surface area contributed by atoms with Gasteiger partial charge in [-0.3, -0.25) is 0 Å². The number of nitrogens with one attached hydrogen (secondary N) is 1. The maximum Gasteiger partial charge on any atom is 0.00440 e. The van der Waals surface area contributed by atoms with Crippen LogP contribution >= 0.6 is 0 Å². The van der Waals surface area contributed by atoms with Crippen LogP contribution in [0.2, 0.25) is 0 Å². The van der Waals surface area contributed by atoms with Gasteiger partial charge in [0.25, 0.3) is 0 Å². The third-order valence-corrected chi connectivity index (χ3v) is 4.55. The van der Waals surface area contributed by atoms with Crippen molar-refractivity contribution < 1.29 is 0 Å². The van der Waals surface area contributed by atoms with Gasteiger partial charge in [0.2, 0.25) is 0 Å². The van der Waals surface area contributed by atoms with E-state index >= 15 is 0 Å². The molecule has 0 heterocycles. The van der Waals surface area contributed by atoms with Crippen molar-refractivity contribution in [3.8, 4) is 0 Å². The summed E-state index contributed by atoms with van der Waals surface area (Å²) in [5, 5.41) is 3.35. The number of hydrogen-bond acceptors (Lipinski definition) is 1. The van der Waals surface area contributed by atoms with E-state index < -0.39 is 0 Å². The van der Waals surface area contributed by atoms with Crippen molar-refractivity contribution >= 4 is 0 Å². The highest BCUT2D eigenvalue weighted by Gasteiger charge is 2.25. The summed E-state index contributed by atoms with van der Waals surface area (Å²) in [6.45, 7) is 6.99. The molecule has 0 radical (unpaired) electrons. The van der Waals surface area contributed by atoms with Crippen LogP contribution in [-0.4, -0.2) is 13.1 Å². The molecule has 0 amide bonds. The third kappa shape index (κ3) is 2.95. The van der Waals surface area contributed by atoms with Crippen molar-refractivity contribution in [2.75, 3.05) is 7.05 Å². The molecule has 18 heavy (non-hydrogen) atoms. The molecule has 1 aromatic rings. The minimum atomic E-state index is 0.252. The Morgan fingerprint density at radius 1 is 1.33 bits per heavy atom. The molecule has 0 bridgehead atoms. The van der Waals surface area contributed by atoms with Crippen LogP contribution in [0, 0.1) is 0 Å². The van der Waals surface area contributed by atoms with Crippen molar-refractivity contribution in [3.63, 3.8) is 0 Å². The van der Waals surface area contributed by atoms with E-state index in [0.29, 0.717) is 6.04 Å². The Morgan fingerprint density at radius 3 is 2.61 bits per heavy atom. The topological polar surface area (TPSA) is 12.0 Å². The summed E-state index contributed by atoms with van der Waals surface area (Å²) in [4.78, 5) is 0. The summed E-state index contributed by atoms with van der Waals surface area (Å²) < 4.78 is 0. The summed E-state index contributed by atoms with van der Waals surface area (Å²) in [6.07, 6.45) is 5.36. The molecule has 1 heteroatoms. The lowest BCUT2D eigenvalue weighted by Gasteiger charge is -2.31. The smallest absolute Gasteiger partial charge is 0.00440 e. The van der Waals surface area contributed by atoms with Gasteiger partial charge in [0.05, 0.1) is 0 Å². The molecule has 1 atom stereocenters. The van der Waals surface area contributed by atoms with E-state index in [1.54, 1.807) is 5.56 Å². The second-order valence-electron chi connectivity index (χ2n) is 6.53. The zero-order chi connectivity index (χ0) is 13.2. The Bertz CT molecular complexity index is 390. The van der Waals surface area contributed by atoms with E-state index in [-0.39, 0.29) is 5.41 Å². The molecule has 0 spiro atoms. The second kappa shape index (κ2) is 5.44. The summed E-state index contributed by atoms with van der Waals surface area (Å²) in [5.41, 5.74) is 3.31. The van der Waals surface area contributed by atoms with Crippen LogP contribution in [0.4, 0.5) is 0 Å². The quantitative estimate of drug-likeness (QED) is 0.818. The zero-order valence-corrected chi connectivity index (χ0v) is 12.3. The van der Waals surface area contributed by atoms with Gasteiger partial charge in [-0.05, 0) is 55.7 Å². The molecule has 1 nitrogen and oxygen atoms in total. The van der Waals surface area contributed by atoms with Gasteiger partial charge in [-0.25, -0.2) is 0 Å². The molecular formula is C17H27N. The Balaban J connectivity index is 2.15. The van der Waals surface area contributed by atoms with Crippen LogP contribution < -0.4 is 5.32 Å². The Labute approximate surface area is 112 Å². The van der Waals surface area contributed by atoms with Gasteiger partial charge >= 0.3 is 0 Å². The van der Waals surface area contributed by atoms with Gasteiger partial charge in [-0.1, -0.05) is 44.5 Å². The molecule has 1 aromatic carbocycles. The van der Waals surface area contributed by atoms with Crippen LogP contribution in [0.15, 0.2) is 24.3 Å². The van der Waals surface area contributed by atoms with Gasteiger partial charge in [0.1, 0.15) is 0 Å². The summed E-state index contributed by atoms with van der Waals surface area (Å²) in [7, 11) is 2.05. The fourth-order valence-electron chi connectivity index (χ4n) is 2.94. The highest BCUT2D eigenvalue weighted by atomic mass is 14.9. The van der Waals surface area contributed by atoms with E-state index in [1.165, 1.54) is 31.2 Å². The molecule has 1 saturated carbocycles. The molecule has 100 valence electrons. The highest BCUT2D eigenvalue weighted by Crippen LogP contribution is 2.38. The Morgan fingerprint density at radius 2 is 2.06 bits per heavy atom. The number of benzene rings is 1. The largest absolute Gasteiger partial charge is 0.317 e. The van der Waals surface area contributed by atoms with Crippen LogP contribution in [0.5, 0.6) is 0 Å². The second-order valence-corrected chi connectivity index (χ2v) is 6.53.